The van der Waals surface area contributed by atoms with Gasteiger partial charge in [-0.1, -0.05) is 35.7 Å². The van der Waals surface area contributed by atoms with Gasteiger partial charge in [-0.3, -0.25) is 14.4 Å². The third-order valence-corrected chi connectivity index (χ3v) is 3.42. The van der Waals surface area contributed by atoms with E-state index in [0.29, 0.717) is 17.7 Å². The minimum Gasteiger partial charge on any atom is -0.294 e. The van der Waals surface area contributed by atoms with Crippen molar-refractivity contribution in [3.8, 4) is 11.8 Å². The standard InChI is InChI=1S/C16H13F3O3S/c1-11(20)23-9-3-2-4-12-5-7-13(8-6-12)14(21)10-15(22)16(17,18)19/h5-8H,3,9-10H2,1H3. The topological polar surface area (TPSA) is 51.2 Å². The van der Waals surface area contributed by atoms with E-state index in [1.807, 2.05) is 0 Å². The summed E-state index contributed by atoms with van der Waals surface area (Å²) in [6.07, 6.45) is -5.68. The average Bonchev–Trinajstić information content (AvgIpc) is 2.46. The van der Waals surface area contributed by atoms with E-state index in [-0.39, 0.29) is 10.7 Å². The summed E-state index contributed by atoms with van der Waals surface area (Å²) in [6, 6.07) is 5.66. The number of halogens is 3. The molecule has 0 spiro atoms. The lowest BCUT2D eigenvalue weighted by Crippen LogP contribution is -2.25. The number of carbonyl (C=O) groups is 3. The Morgan fingerprint density at radius 2 is 1.74 bits per heavy atom. The van der Waals surface area contributed by atoms with Gasteiger partial charge in [0.25, 0.3) is 0 Å². The van der Waals surface area contributed by atoms with Crippen LogP contribution in [0.15, 0.2) is 24.3 Å². The van der Waals surface area contributed by atoms with Crippen LogP contribution in [0, 0.1) is 11.8 Å². The van der Waals surface area contributed by atoms with Crippen LogP contribution in [0.4, 0.5) is 13.2 Å². The van der Waals surface area contributed by atoms with E-state index >= 15 is 0 Å². The molecule has 3 nitrogen and oxygen atoms in total. The van der Waals surface area contributed by atoms with Crippen molar-refractivity contribution in [3.63, 3.8) is 0 Å². The predicted molar refractivity (Wildman–Crippen MR) is 81.1 cm³/mol. The fourth-order valence-corrected chi connectivity index (χ4v) is 1.99. The molecule has 0 bridgehead atoms. The van der Waals surface area contributed by atoms with Crippen LogP contribution in [0.25, 0.3) is 0 Å². The Bertz CT molecular complexity index is 652. The first-order valence-corrected chi connectivity index (χ1v) is 7.54. The first-order chi connectivity index (χ1) is 10.7. The normalized spacial score (nSPS) is 10.6. The van der Waals surface area contributed by atoms with Crippen molar-refractivity contribution in [1.29, 1.82) is 0 Å². The quantitative estimate of drug-likeness (QED) is 0.356. The zero-order valence-electron chi connectivity index (χ0n) is 12.2. The lowest BCUT2D eigenvalue weighted by molar-refractivity contribution is -0.170. The maximum atomic E-state index is 12.1. The summed E-state index contributed by atoms with van der Waals surface area (Å²) in [5, 5.41) is 0.0167. The Labute approximate surface area is 135 Å². The zero-order chi connectivity index (χ0) is 17.5. The molecule has 0 N–H and O–H groups in total. The van der Waals surface area contributed by atoms with Gasteiger partial charge < -0.3 is 0 Å². The molecule has 0 saturated carbocycles. The highest BCUT2D eigenvalue weighted by atomic mass is 32.2. The van der Waals surface area contributed by atoms with E-state index in [1.165, 1.54) is 43.0 Å². The number of ketones is 2. The fourth-order valence-electron chi connectivity index (χ4n) is 1.50. The zero-order valence-corrected chi connectivity index (χ0v) is 13.0. The van der Waals surface area contributed by atoms with Gasteiger partial charge >= 0.3 is 6.18 Å². The van der Waals surface area contributed by atoms with Gasteiger partial charge in [-0.15, -0.1) is 0 Å². The molecule has 1 rings (SSSR count). The number of thioether (sulfide) groups is 1. The molecular formula is C16H13F3O3S. The van der Waals surface area contributed by atoms with Gasteiger partial charge in [0.2, 0.25) is 5.78 Å². The predicted octanol–water partition coefficient (Wildman–Crippen LogP) is 3.41. The van der Waals surface area contributed by atoms with Gasteiger partial charge in [-0.2, -0.15) is 13.2 Å². The van der Waals surface area contributed by atoms with Crippen LogP contribution in [0.3, 0.4) is 0 Å². The molecule has 0 fully saturated rings. The van der Waals surface area contributed by atoms with Crippen molar-refractivity contribution < 1.29 is 27.6 Å². The summed E-state index contributed by atoms with van der Waals surface area (Å²) < 4.78 is 36.3. The lowest BCUT2D eigenvalue weighted by Gasteiger charge is -2.04. The molecule has 1 aromatic carbocycles. The Kier molecular flexibility index (Phi) is 7.04. The molecule has 0 radical (unpaired) electrons. The Morgan fingerprint density at radius 3 is 2.26 bits per heavy atom. The summed E-state index contributed by atoms with van der Waals surface area (Å²) in [7, 11) is 0. The smallest absolute Gasteiger partial charge is 0.294 e. The molecule has 0 heterocycles. The molecule has 23 heavy (non-hydrogen) atoms. The van der Waals surface area contributed by atoms with Gasteiger partial charge in [0, 0.05) is 30.2 Å². The minimum atomic E-state index is -5.00. The molecule has 0 unspecified atom stereocenters. The van der Waals surface area contributed by atoms with E-state index in [4.69, 9.17) is 0 Å². The van der Waals surface area contributed by atoms with Crippen molar-refractivity contribution in [2.45, 2.75) is 25.9 Å². The molecule has 0 atom stereocenters. The highest BCUT2D eigenvalue weighted by Crippen LogP contribution is 2.19. The highest BCUT2D eigenvalue weighted by molar-refractivity contribution is 8.13. The molecule has 0 amide bonds. The molecular weight excluding hydrogens is 329 g/mol. The minimum absolute atomic E-state index is 0.0167. The van der Waals surface area contributed by atoms with Crippen LogP contribution in [0.5, 0.6) is 0 Å². The largest absolute Gasteiger partial charge is 0.450 e. The first kappa shape index (κ1) is 19.0. The average molecular weight is 342 g/mol. The van der Waals surface area contributed by atoms with Gasteiger partial charge in [-0.25, -0.2) is 0 Å². The third-order valence-electron chi connectivity index (χ3n) is 2.61. The number of alkyl halides is 3. The van der Waals surface area contributed by atoms with Crippen LogP contribution in [-0.4, -0.2) is 28.6 Å². The van der Waals surface area contributed by atoms with Crippen LogP contribution in [0.2, 0.25) is 0 Å². The summed E-state index contributed by atoms with van der Waals surface area (Å²) in [6.45, 7) is 1.47. The number of carbonyl (C=O) groups excluding carboxylic acids is 3. The van der Waals surface area contributed by atoms with Gasteiger partial charge in [-0.05, 0) is 12.1 Å². The summed E-state index contributed by atoms with van der Waals surface area (Å²) in [5.41, 5.74) is 0.622. The molecule has 0 saturated heterocycles. The fraction of sp³-hybridized carbons (Fsp3) is 0.312. The second kappa shape index (κ2) is 8.53. The van der Waals surface area contributed by atoms with E-state index in [9.17, 15) is 27.6 Å². The van der Waals surface area contributed by atoms with Crippen LogP contribution >= 0.6 is 11.8 Å². The number of hydrogen-bond donors (Lipinski definition) is 0. The van der Waals surface area contributed by atoms with Crippen LogP contribution in [0.1, 0.15) is 35.7 Å². The molecule has 1 aromatic rings. The molecule has 0 aliphatic carbocycles. The van der Waals surface area contributed by atoms with Crippen LogP contribution < -0.4 is 0 Å². The number of rotatable bonds is 5. The second-order valence-corrected chi connectivity index (χ2v) is 5.76. The van der Waals surface area contributed by atoms with E-state index in [1.54, 1.807) is 0 Å². The highest BCUT2D eigenvalue weighted by Gasteiger charge is 2.39. The number of benzene rings is 1. The summed E-state index contributed by atoms with van der Waals surface area (Å²) in [4.78, 5) is 33.1. The summed E-state index contributed by atoms with van der Waals surface area (Å²) in [5.74, 6) is 3.30. The lowest BCUT2D eigenvalue weighted by atomic mass is 10.0. The van der Waals surface area contributed by atoms with Crippen molar-refractivity contribution in [1.82, 2.24) is 0 Å². The first-order valence-electron chi connectivity index (χ1n) is 6.55. The monoisotopic (exact) mass is 342 g/mol. The molecule has 0 aromatic heterocycles. The Hall–Kier alpha value is -2.07. The maximum absolute atomic E-state index is 12.1. The van der Waals surface area contributed by atoms with Crippen LogP contribution in [-0.2, 0) is 9.59 Å². The van der Waals surface area contributed by atoms with E-state index < -0.39 is 24.2 Å². The third kappa shape index (κ3) is 7.15. The molecule has 0 aliphatic rings. The molecule has 0 aliphatic heterocycles. The number of hydrogen-bond acceptors (Lipinski definition) is 4. The SMILES string of the molecule is CC(=O)SCCC#Cc1ccc(C(=O)CC(=O)C(F)(F)F)cc1. The van der Waals surface area contributed by atoms with Crippen molar-refractivity contribution in [3.05, 3.63) is 35.4 Å². The summed E-state index contributed by atoms with van der Waals surface area (Å²) >= 11 is 1.17. The van der Waals surface area contributed by atoms with E-state index in [0.717, 1.165) is 0 Å². The molecule has 7 heteroatoms. The van der Waals surface area contributed by atoms with E-state index in [2.05, 4.69) is 11.8 Å². The number of Topliss-reactive ketones (excluding diaryl/α,β-unsaturated/α-hetero) is 2. The maximum Gasteiger partial charge on any atom is 0.450 e. The van der Waals surface area contributed by atoms with Gasteiger partial charge in [0.1, 0.15) is 0 Å². The van der Waals surface area contributed by atoms with Crippen molar-refractivity contribution in [2.75, 3.05) is 5.75 Å². The second-order valence-electron chi connectivity index (χ2n) is 4.49. The van der Waals surface area contributed by atoms with Gasteiger partial charge in [0.05, 0.1) is 6.42 Å². The Balaban J connectivity index is 2.59. The van der Waals surface area contributed by atoms with Crippen molar-refractivity contribution in [2.24, 2.45) is 0 Å². The molecule has 122 valence electrons. The van der Waals surface area contributed by atoms with Crippen molar-refractivity contribution >= 4 is 28.4 Å². The Morgan fingerprint density at radius 1 is 1.13 bits per heavy atom. The van der Waals surface area contributed by atoms with Gasteiger partial charge in [0.15, 0.2) is 10.9 Å².